The van der Waals surface area contributed by atoms with Crippen LogP contribution in [0.3, 0.4) is 0 Å². The second-order valence-corrected chi connectivity index (χ2v) is 6.10. The van der Waals surface area contributed by atoms with Crippen molar-refractivity contribution in [2.24, 2.45) is 5.92 Å². The third kappa shape index (κ3) is 3.37. The Morgan fingerprint density at radius 2 is 1.63 bits per heavy atom. The van der Waals surface area contributed by atoms with Gasteiger partial charge in [-0.3, -0.25) is 4.79 Å². The van der Waals surface area contributed by atoms with Gasteiger partial charge in [-0.05, 0) is 17.7 Å². The Bertz CT molecular complexity index is 855. The average Bonchev–Trinajstić information content (AvgIpc) is 2.61. The Hall–Kier alpha value is -2.94. The molecule has 27 heavy (non-hydrogen) atoms. The summed E-state index contributed by atoms with van der Waals surface area (Å²) in [5.74, 6) is -3.81. The zero-order valence-corrected chi connectivity index (χ0v) is 13.6. The van der Waals surface area contributed by atoms with Gasteiger partial charge in [0.05, 0.1) is 6.04 Å². The molecule has 9 heteroatoms. The minimum atomic E-state index is -5.34. The molecule has 142 valence electrons. The van der Waals surface area contributed by atoms with Crippen molar-refractivity contribution in [2.45, 2.75) is 17.9 Å². The molecule has 3 N–H and O–H groups in total. The number of rotatable bonds is 3. The third-order valence-electron chi connectivity index (χ3n) is 4.38. The summed E-state index contributed by atoms with van der Waals surface area (Å²) in [5.41, 5.74) is -3.83. The van der Waals surface area contributed by atoms with E-state index in [2.05, 4.69) is 5.32 Å². The Kier molecular flexibility index (Phi) is 4.64. The topological polar surface area (TPSA) is 78.4 Å². The molecule has 0 aromatic heterocycles. The highest BCUT2D eigenvalue weighted by molar-refractivity contribution is 6.00. The highest BCUT2D eigenvalue weighted by atomic mass is 19.4. The van der Waals surface area contributed by atoms with E-state index in [0.29, 0.717) is 0 Å². The summed E-state index contributed by atoms with van der Waals surface area (Å²) in [7, 11) is 0. The van der Waals surface area contributed by atoms with E-state index < -0.39 is 41.5 Å². The fourth-order valence-electron chi connectivity index (χ4n) is 3.07. The Balaban J connectivity index is 2.15. The van der Waals surface area contributed by atoms with Crippen molar-refractivity contribution in [3.63, 3.8) is 0 Å². The molecule has 3 rings (SSSR count). The van der Waals surface area contributed by atoms with Gasteiger partial charge < -0.3 is 15.7 Å². The SMILES string of the molecule is O=C1N[C@@H](c2ccc(F)cc2)[C@@H](C(=O)c2ccccc2)[C@](O)(C(F)(F)F)N1. The van der Waals surface area contributed by atoms with E-state index in [9.17, 15) is 32.3 Å². The van der Waals surface area contributed by atoms with Crippen LogP contribution in [0, 0.1) is 11.7 Å². The van der Waals surface area contributed by atoms with Crippen molar-refractivity contribution in [2.75, 3.05) is 0 Å². The van der Waals surface area contributed by atoms with Crippen LogP contribution in [0.25, 0.3) is 0 Å². The van der Waals surface area contributed by atoms with Gasteiger partial charge in [0.2, 0.25) is 5.72 Å². The lowest BCUT2D eigenvalue weighted by Gasteiger charge is -2.45. The average molecular weight is 382 g/mol. The van der Waals surface area contributed by atoms with Crippen LogP contribution < -0.4 is 10.6 Å². The van der Waals surface area contributed by atoms with Crippen LogP contribution in [0.4, 0.5) is 22.4 Å². The third-order valence-corrected chi connectivity index (χ3v) is 4.38. The zero-order valence-electron chi connectivity index (χ0n) is 13.6. The lowest BCUT2D eigenvalue weighted by molar-refractivity contribution is -0.287. The number of amides is 2. The molecular formula is C18H14F4N2O3. The van der Waals surface area contributed by atoms with Crippen molar-refractivity contribution in [1.82, 2.24) is 10.6 Å². The van der Waals surface area contributed by atoms with Crippen molar-refractivity contribution in [1.29, 1.82) is 0 Å². The van der Waals surface area contributed by atoms with Gasteiger partial charge in [0.1, 0.15) is 11.7 Å². The predicted octanol–water partition coefficient (Wildman–Crippen LogP) is 2.93. The number of carbonyl (C=O) groups is 2. The van der Waals surface area contributed by atoms with E-state index in [1.54, 1.807) is 6.07 Å². The maximum atomic E-state index is 13.7. The molecule has 1 saturated heterocycles. The number of ketones is 1. The number of urea groups is 1. The van der Waals surface area contributed by atoms with Crippen LogP contribution in [0.2, 0.25) is 0 Å². The molecule has 1 heterocycles. The van der Waals surface area contributed by atoms with Crippen LogP contribution in [0.15, 0.2) is 54.6 Å². The van der Waals surface area contributed by atoms with Crippen LogP contribution in [0.1, 0.15) is 22.0 Å². The molecule has 0 radical (unpaired) electrons. The predicted molar refractivity (Wildman–Crippen MR) is 86.1 cm³/mol. The molecule has 1 aliphatic heterocycles. The first-order valence-electron chi connectivity index (χ1n) is 7.86. The summed E-state index contributed by atoms with van der Waals surface area (Å²) in [6, 6.07) is 8.53. The quantitative estimate of drug-likeness (QED) is 0.564. The van der Waals surface area contributed by atoms with E-state index in [0.717, 1.165) is 24.3 Å². The molecule has 5 nitrogen and oxygen atoms in total. The van der Waals surface area contributed by atoms with Gasteiger partial charge in [0.25, 0.3) is 0 Å². The summed E-state index contributed by atoms with van der Waals surface area (Å²) in [6.45, 7) is 0. The number of carbonyl (C=O) groups excluding carboxylic acids is 2. The zero-order chi connectivity index (χ0) is 19.8. The fourth-order valence-corrected chi connectivity index (χ4v) is 3.07. The molecule has 0 saturated carbocycles. The molecular weight excluding hydrogens is 368 g/mol. The first-order chi connectivity index (χ1) is 12.6. The van der Waals surface area contributed by atoms with E-state index in [1.807, 2.05) is 0 Å². The molecule has 0 spiro atoms. The smallest absolute Gasteiger partial charge is 0.363 e. The molecule has 2 aromatic rings. The highest BCUT2D eigenvalue weighted by Gasteiger charge is 2.66. The van der Waals surface area contributed by atoms with Gasteiger partial charge in [-0.15, -0.1) is 0 Å². The van der Waals surface area contributed by atoms with Crippen molar-refractivity contribution in [3.8, 4) is 0 Å². The van der Waals surface area contributed by atoms with Crippen LogP contribution in [-0.4, -0.2) is 28.8 Å². The standard InChI is InChI=1S/C18H14F4N2O3/c19-12-8-6-10(7-9-12)14-13(15(25)11-4-2-1-3-5-11)17(27,18(20,21)22)24-16(26)23-14/h1-9,13-14,27H,(H2,23,24,26)/t13-,14-,17-/m0/s1. The van der Waals surface area contributed by atoms with Crippen molar-refractivity contribution in [3.05, 3.63) is 71.5 Å². The number of hydrogen-bond donors (Lipinski definition) is 3. The number of hydrogen-bond acceptors (Lipinski definition) is 3. The second kappa shape index (κ2) is 6.66. The maximum Gasteiger partial charge on any atom is 0.437 e. The number of halogens is 4. The van der Waals surface area contributed by atoms with Crippen molar-refractivity contribution >= 4 is 11.8 Å². The van der Waals surface area contributed by atoms with Crippen LogP contribution in [0.5, 0.6) is 0 Å². The monoisotopic (exact) mass is 382 g/mol. The molecule has 0 bridgehead atoms. The van der Waals surface area contributed by atoms with Crippen LogP contribution in [-0.2, 0) is 0 Å². The lowest BCUT2D eigenvalue weighted by Crippen LogP contribution is -2.72. The number of benzene rings is 2. The molecule has 3 atom stereocenters. The van der Waals surface area contributed by atoms with Gasteiger partial charge in [0, 0.05) is 5.56 Å². The fraction of sp³-hybridized carbons (Fsp3) is 0.222. The first-order valence-corrected chi connectivity index (χ1v) is 7.86. The van der Waals surface area contributed by atoms with Gasteiger partial charge in [0.15, 0.2) is 5.78 Å². The molecule has 2 aromatic carbocycles. The minimum Gasteiger partial charge on any atom is -0.363 e. The van der Waals surface area contributed by atoms with Crippen molar-refractivity contribution < 1.29 is 32.3 Å². The van der Waals surface area contributed by atoms with Gasteiger partial charge >= 0.3 is 12.2 Å². The summed E-state index contributed by atoms with van der Waals surface area (Å²) >= 11 is 0. The van der Waals surface area contributed by atoms with E-state index in [4.69, 9.17) is 0 Å². The Labute approximate surface area is 151 Å². The second-order valence-electron chi connectivity index (χ2n) is 6.10. The summed E-state index contributed by atoms with van der Waals surface area (Å²) in [4.78, 5) is 24.7. The number of nitrogens with one attached hydrogen (secondary N) is 2. The number of alkyl halides is 3. The van der Waals surface area contributed by atoms with Gasteiger partial charge in [-0.2, -0.15) is 13.2 Å². The van der Waals surface area contributed by atoms with E-state index >= 15 is 0 Å². The number of aliphatic hydroxyl groups is 1. The first kappa shape index (κ1) is 18.8. The Morgan fingerprint density at radius 3 is 2.19 bits per heavy atom. The highest BCUT2D eigenvalue weighted by Crippen LogP contribution is 2.43. The molecule has 2 amide bonds. The van der Waals surface area contributed by atoms with Gasteiger partial charge in [-0.25, -0.2) is 9.18 Å². The summed E-state index contributed by atoms with van der Waals surface area (Å²) < 4.78 is 54.2. The summed E-state index contributed by atoms with van der Waals surface area (Å²) in [6.07, 6.45) is -5.34. The maximum absolute atomic E-state index is 13.7. The summed E-state index contributed by atoms with van der Waals surface area (Å²) in [5, 5.41) is 14.0. The largest absolute Gasteiger partial charge is 0.437 e. The molecule has 0 aliphatic carbocycles. The minimum absolute atomic E-state index is 0.0446. The molecule has 1 fully saturated rings. The van der Waals surface area contributed by atoms with Gasteiger partial charge in [-0.1, -0.05) is 42.5 Å². The lowest BCUT2D eigenvalue weighted by atomic mass is 9.77. The Morgan fingerprint density at radius 1 is 1.04 bits per heavy atom. The van der Waals surface area contributed by atoms with E-state index in [1.165, 1.54) is 29.6 Å². The van der Waals surface area contributed by atoms with Crippen LogP contribution >= 0.6 is 0 Å². The van der Waals surface area contributed by atoms with E-state index in [-0.39, 0.29) is 11.1 Å². The normalized spacial score (nSPS) is 25.4. The number of Topliss-reactive ketones (excluding diaryl/α,β-unsaturated/α-hetero) is 1. The molecule has 0 unspecified atom stereocenters. The molecule has 1 aliphatic rings.